The van der Waals surface area contributed by atoms with Crippen LogP contribution in [0.1, 0.15) is 32.7 Å². The summed E-state index contributed by atoms with van der Waals surface area (Å²) in [7, 11) is 3.89. The van der Waals surface area contributed by atoms with E-state index in [1.807, 2.05) is 43.3 Å². The van der Waals surface area contributed by atoms with Crippen LogP contribution in [0.15, 0.2) is 48.5 Å². The van der Waals surface area contributed by atoms with Crippen LogP contribution >= 0.6 is 0 Å². The molecule has 0 bridgehead atoms. The molecule has 0 radical (unpaired) electrons. The second kappa shape index (κ2) is 9.21. The first-order chi connectivity index (χ1) is 14.4. The molecular formula is C22H23N3O5. The molecule has 0 fully saturated rings. The molecule has 0 atom stereocenters. The summed E-state index contributed by atoms with van der Waals surface area (Å²) in [5.74, 6) is -1.94. The smallest absolute Gasteiger partial charge is 0.308 e. The molecule has 1 heterocycles. The lowest BCUT2D eigenvalue weighted by molar-refractivity contribution is -0.148. The fourth-order valence-electron chi connectivity index (χ4n) is 3.03. The van der Waals surface area contributed by atoms with E-state index in [-0.39, 0.29) is 13.0 Å². The first-order valence-electron chi connectivity index (χ1n) is 9.50. The number of anilines is 1. The van der Waals surface area contributed by atoms with Crippen molar-refractivity contribution in [3.8, 4) is 0 Å². The van der Waals surface area contributed by atoms with E-state index in [4.69, 9.17) is 4.74 Å². The molecular weight excluding hydrogens is 386 g/mol. The summed E-state index contributed by atoms with van der Waals surface area (Å²) in [6.07, 6.45) is -0.176. The van der Waals surface area contributed by atoms with Crippen LogP contribution in [0, 0.1) is 0 Å². The number of hydrogen-bond donors (Lipinski definition) is 1. The summed E-state index contributed by atoms with van der Waals surface area (Å²) in [6.45, 7) is -0.194. The van der Waals surface area contributed by atoms with E-state index in [2.05, 4.69) is 5.32 Å². The number of carbonyl (C=O) groups is 4. The van der Waals surface area contributed by atoms with Crippen LogP contribution in [0.2, 0.25) is 0 Å². The number of fused-ring (bicyclic) bond motifs is 1. The van der Waals surface area contributed by atoms with Crippen LogP contribution < -0.4 is 10.2 Å². The number of imide groups is 1. The van der Waals surface area contributed by atoms with Crippen LogP contribution in [0.25, 0.3) is 0 Å². The van der Waals surface area contributed by atoms with Gasteiger partial charge in [0.1, 0.15) is 0 Å². The van der Waals surface area contributed by atoms with E-state index in [9.17, 15) is 19.2 Å². The Bertz CT molecular complexity index is 934. The SMILES string of the molecule is CN(C)c1ccc(CNC(=O)COC(=O)CCN2C(=O)c3ccccc3C2=O)cc1. The Labute approximate surface area is 174 Å². The molecule has 1 aliphatic heterocycles. The summed E-state index contributed by atoms with van der Waals surface area (Å²) in [5.41, 5.74) is 2.63. The molecule has 30 heavy (non-hydrogen) atoms. The summed E-state index contributed by atoms with van der Waals surface area (Å²) in [4.78, 5) is 51.3. The zero-order chi connectivity index (χ0) is 21.7. The molecule has 1 aliphatic rings. The average Bonchev–Trinajstić information content (AvgIpc) is 2.99. The molecule has 0 aliphatic carbocycles. The second-order valence-electron chi connectivity index (χ2n) is 7.06. The Hall–Kier alpha value is -3.68. The number of nitrogens with one attached hydrogen (secondary N) is 1. The minimum Gasteiger partial charge on any atom is -0.456 e. The van der Waals surface area contributed by atoms with Crippen LogP contribution in [-0.2, 0) is 20.9 Å². The standard InChI is InChI=1S/C22H23N3O5/c1-24(2)16-9-7-15(8-10-16)13-23-19(26)14-30-20(27)11-12-25-21(28)17-5-3-4-6-18(17)22(25)29/h3-10H,11-14H2,1-2H3,(H,23,26). The van der Waals surface area contributed by atoms with Crippen molar-refractivity contribution in [1.29, 1.82) is 0 Å². The van der Waals surface area contributed by atoms with Crippen molar-refractivity contribution in [1.82, 2.24) is 10.2 Å². The van der Waals surface area contributed by atoms with Crippen molar-refractivity contribution in [3.63, 3.8) is 0 Å². The topological polar surface area (TPSA) is 96.0 Å². The molecule has 2 aromatic rings. The number of amides is 3. The van der Waals surface area contributed by atoms with Gasteiger partial charge in [-0.25, -0.2) is 0 Å². The maximum Gasteiger partial charge on any atom is 0.308 e. The monoisotopic (exact) mass is 409 g/mol. The quantitative estimate of drug-likeness (QED) is 0.526. The Balaban J connectivity index is 1.39. The Morgan fingerprint density at radius 2 is 1.57 bits per heavy atom. The van der Waals surface area contributed by atoms with Gasteiger partial charge < -0.3 is 15.0 Å². The summed E-state index contributed by atoms with van der Waals surface area (Å²) in [6, 6.07) is 14.2. The van der Waals surface area contributed by atoms with Crippen LogP contribution in [-0.4, -0.2) is 55.8 Å². The highest BCUT2D eigenvalue weighted by Gasteiger charge is 2.35. The molecule has 3 amide bonds. The molecule has 2 aromatic carbocycles. The number of nitrogens with zero attached hydrogens (tertiary/aromatic N) is 2. The van der Waals surface area contributed by atoms with E-state index in [0.29, 0.717) is 17.7 Å². The van der Waals surface area contributed by atoms with Crippen molar-refractivity contribution >= 4 is 29.4 Å². The molecule has 0 unspecified atom stereocenters. The third-order valence-electron chi connectivity index (χ3n) is 4.72. The minimum absolute atomic E-state index is 0.0922. The van der Waals surface area contributed by atoms with Gasteiger partial charge in [0.2, 0.25) is 0 Å². The van der Waals surface area contributed by atoms with Crippen LogP contribution in [0.4, 0.5) is 5.69 Å². The maximum atomic E-state index is 12.3. The molecule has 0 saturated heterocycles. The van der Waals surface area contributed by atoms with Crippen molar-refractivity contribution < 1.29 is 23.9 Å². The first-order valence-corrected chi connectivity index (χ1v) is 9.50. The molecule has 8 nitrogen and oxygen atoms in total. The van der Waals surface area contributed by atoms with Gasteiger partial charge in [-0.05, 0) is 29.8 Å². The lowest BCUT2D eigenvalue weighted by Crippen LogP contribution is -2.33. The third kappa shape index (κ3) is 4.83. The van der Waals surface area contributed by atoms with Crippen molar-refractivity contribution in [2.24, 2.45) is 0 Å². The Morgan fingerprint density at radius 3 is 2.13 bits per heavy atom. The summed E-state index contributed by atoms with van der Waals surface area (Å²) >= 11 is 0. The third-order valence-corrected chi connectivity index (χ3v) is 4.72. The fraction of sp³-hybridized carbons (Fsp3) is 0.273. The number of rotatable bonds is 8. The van der Waals surface area contributed by atoms with Crippen molar-refractivity contribution in [2.75, 3.05) is 32.1 Å². The highest BCUT2D eigenvalue weighted by molar-refractivity contribution is 6.21. The van der Waals surface area contributed by atoms with Crippen molar-refractivity contribution in [3.05, 3.63) is 65.2 Å². The second-order valence-corrected chi connectivity index (χ2v) is 7.06. The van der Waals surface area contributed by atoms with Gasteiger partial charge in [0.05, 0.1) is 17.5 Å². The predicted octanol–water partition coefficient (Wildman–Crippen LogP) is 1.60. The van der Waals surface area contributed by atoms with Gasteiger partial charge in [0, 0.05) is 32.9 Å². The largest absolute Gasteiger partial charge is 0.456 e. The van der Waals surface area contributed by atoms with Gasteiger partial charge in [-0.1, -0.05) is 24.3 Å². The molecule has 156 valence electrons. The summed E-state index contributed by atoms with van der Waals surface area (Å²) in [5, 5.41) is 2.68. The van der Waals surface area contributed by atoms with E-state index in [1.165, 1.54) is 0 Å². The molecule has 0 spiro atoms. The van der Waals surface area contributed by atoms with E-state index >= 15 is 0 Å². The molecule has 3 rings (SSSR count). The average molecular weight is 409 g/mol. The molecule has 8 heteroatoms. The van der Waals surface area contributed by atoms with Gasteiger partial charge in [0.25, 0.3) is 17.7 Å². The van der Waals surface area contributed by atoms with Gasteiger partial charge >= 0.3 is 5.97 Å². The van der Waals surface area contributed by atoms with Gasteiger partial charge in [0.15, 0.2) is 6.61 Å². The van der Waals surface area contributed by atoms with Crippen molar-refractivity contribution in [2.45, 2.75) is 13.0 Å². The summed E-state index contributed by atoms with van der Waals surface area (Å²) < 4.78 is 4.94. The Kier molecular flexibility index (Phi) is 6.46. The maximum absolute atomic E-state index is 12.3. The van der Waals surface area contributed by atoms with Gasteiger partial charge in [-0.15, -0.1) is 0 Å². The van der Waals surface area contributed by atoms with Crippen LogP contribution in [0.3, 0.4) is 0 Å². The molecule has 0 aromatic heterocycles. The predicted molar refractivity (Wildman–Crippen MR) is 110 cm³/mol. The highest BCUT2D eigenvalue weighted by atomic mass is 16.5. The van der Waals surface area contributed by atoms with E-state index in [1.54, 1.807) is 24.3 Å². The molecule has 1 N–H and O–H groups in total. The number of ether oxygens (including phenoxy) is 1. The van der Waals surface area contributed by atoms with E-state index < -0.39 is 30.3 Å². The number of esters is 1. The lowest BCUT2D eigenvalue weighted by Gasteiger charge is -2.13. The van der Waals surface area contributed by atoms with E-state index in [0.717, 1.165) is 16.2 Å². The highest BCUT2D eigenvalue weighted by Crippen LogP contribution is 2.22. The first kappa shape index (κ1) is 21.0. The number of benzene rings is 2. The normalized spacial score (nSPS) is 12.5. The lowest BCUT2D eigenvalue weighted by atomic mass is 10.1. The zero-order valence-electron chi connectivity index (χ0n) is 16.9. The van der Waals surface area contributed by atoms with Gasteiger partial charge in [-0.2, -0.15) is 0 Å². The Morgan fingerprint density at radius 1 is 0.967 bits per heavy atom. The molecule has 0 saturated carbocycles. The zero-order valence-corrected chi connectivity index (χ0v) is 16.9. The number of carbonyl (C=O) groups excluding carboxylic acids is 4. The minimum atomic E-state index is -0.656. The fourth-order valence-corrected chi connectivity index (χ4v) is 3.03. The van der Waals surface area contributed by atoms with Gasteiger partial charge in [-0.3, -0.25) is 24.1 Å². The van der Waals surface area contributed by atoms with Crippen LogP contribution in [0.5, 0.6) is 0 Å². The number of hydrogen-bond acceptors (Lipinski definition) is 6.